The SMILES string of the molecule is Cc1cn2c(NCc3c(C)cccc3C)cc(C(=O)N3CCC3)cc2n1. The molecule has 1 aliphatic rings. The third kappa shape index (κ3) is 2.94. The van der Waals surface area contributed by atoms with Crippen molar-refractivity contribution < 1.29 is 4.79 Å². The van der Waals surface area contributed by atoms with Crippen molar-refractivity contribution in [2.75, 3.05) is 18.4 Å². The summed E-state index contributed by atoms with van der Waals surface area (Å²) in [5.74, 6) is 0.990. The Hall–Kier alpha value is -2.82. The van der Waals surface area contributed by atoms with E-state index in [1.807, 2.05) is 34.6 Å². The van der Waals surface area contributed by atoms with Crippen LogP contribution in [-0.2, 0) is 6.54 Å². The molecule has 1 aliphatic heterocycles. The summed E-state index contributed by atoms with van der Waals surface area (Å²) in [7, 11) is 0. The number of amides is 1. The molecule has 0 unspecified atom stereocenters. The lowest BCUT2D eigenvalue weighted by Crippen LogP contribution is -2.42. The number of nitrogens with one attached hydrogen (secondary N) is 1. The van der Waals surface area contributed by atoms with E-state index >= 15 is 0 Å². The molecule has 0 spiro atoms. The second-order valence-corrected chi connectivity index (χ2v) is 7.11. The van der Waals surface area contributed by atoms with E-state index in [0.717, 1.165) is 36.7 Å². The number of likely N-dealkylation sites (tertiary alicyclic amines) is 1. The summed E-state index contributed by atoms with van der Waals surface area (Å²) in [6, 6.07) is 10.2. The molecular weight excluding hydrogens is 324 g/mol. The van der Waals surface area contributed by atoms with Crippen molar-refractivity contribution in [3.63, 3.8) is 0 Å². The van der Waals surface area contributed by atoms with Gasteiger partial charge in [0.1, 0.15) is 11.5 Å². The molecule has 3 aromatic rings. The molecule has 0 radical (unpaired) electrons. The van der Waals surface area contributed by atoms with Crippen molar-refractivity contribution in [3.05, 3.63) is 64.5 Å². The molecule has 0 atom stereocenters. The van der Waals surface area contributed by atoms with Crippen molar-refractivity contribution >= 4 is 17.4 Å². The molecule has 0 saturated carbocycles. The number of imidazole rings is 1. The minimum atomic E-state index is 0.0922. The van der Waals surface area contributed by atoms with Gasteiger partial charge in [-0.05, 0) is 56.0 Å². The summed E-state index contributed by atoms with van der Waals surface area (Å²) in [5.41, 5.74) is 6.27. The van der Waals surface area contributed by atoms with Crippen molar-refractivity contribution in [1.29, 1.82) is 0 Å². The van der Waals surface area contributed by atoms with Gasteiger partial charge in [-0.3, -0.25) is 9.20 Å². The number of fused-ring (bicyclic) bond motifs is 1. The predicted molar refractivity (Wildman–Crippen MR) is 104 cm³/mol. The highest BCUT2D eigenvalue weighted by Crippen LogP contribution is 2.22. The molecule has 4 rings (SSSR count). The molecule has 5 heteroatoms. The molecule has 134 valence electrons. The second kappa shape index (κ2) is 6.48. The number of carbonyl (C=O) groups is 1. The minimum Gasteiger partial charge on any atom is -0.367 e. The highest BCUT2D eigenvalue weighted by atomic mass is 16.2. The number of carbonyl (C=O) groups excluding carboxylic acids is 1. The Bertz CT molecular complexity index is 965. The van der Waals surface area contributed by atoms with Gasteiger partial charge in [-0.25, -0.2) is 4.98 Å². The van der Waals surface area contributed by atoms with Crippen molar-refractivity contribution in [2.45, 2.75) is 33.7 Å². The fraction of sp³-hybridized carbons (Fsp3) is 0.333. The van der Waals surface area contributed by atoms with E-state index in [1.165, 1.54) is 16.7 Å². The summed E-state index contributed by atoms with van der Waals surface area (Å²) in [5, 5.41) is 3.52. The maximum atomic E-state index is 12.7. The monoisotopic (exact) mass is 348 g/mol. The fourth-order valence-corrected chi connectivity index (χ4v) is 3.48. The van der Waals surface area contributed by atoms with E-state index in [4.69, 9.17) is 0 Å². The predicted octanol–water partition coefficient (Wildman–Crippen LogP) is 3.72. The van der Waals surface area contributed by atoms with E-state index in [1.54, 1.807) is 0 Å². The van der Waals surface area contributed by atoms with Gasteiger partial charge >= 0.3 is 0 Å². The number of pyridine rings is 1. The molecule has 1 N–H and O–H groups in total. The van der Waals surface area contributed by atoms with Gasteiger partial charge in [-0.1, -0.05) is 18.2 Å². The molecular formula is C21H24N4O. The van der Waals surface area contributed by atoms with Gasteiger partial charge in [0, 0.05) is 31.4 Å². The average Bonchev–Trinajstić information content (AvgIpc) is 2.92. The van der Waals surface area contributed by atoms with Gasteiger partial charge in [0.05, 0.1) is 5.69 Å². The third-order valence-electron chi connectivity index (χ3n) is 5.17. The van der Waals surface area contributed by atoms with Gasteiger partial charge in [0.25, 0.3) is 5.91 Å². The highest BCUT2D eigenvalue weighted by molar-refractivity contribution is 5.96. The molecule has 0 bridgehead atoms. The number of hydrogen-bond donors (Lipinski definition) is 1. The van der Waals surface area contributed by atoms with Gasteiger partial charge in [0.15, 0.2) is 0 Å². The Morgan fingerprint density at radius 3 is 2.54 bits per heavy atom. The zero-order chi connectivity index (χ0) is 18.3. The fourth-order valence-electron chi connectivity index (χ4n) is 3.48. The number of aromatic nitrogens is 2. The van der Waals surface area contributed by atoms with Gasteiger partial charge < -0.3 is 10.2 Å². The first-order valence-corrected chi connectivity index (χ1v) is 9.11. The minimum absolute atomic E-state index is 0.0922. The number of benzene rings is 1. The molecule has 1 fully saturated rings. The van der Waals surface area contributed by atoms with Crippen LogP contribution in [0.1, 0.15) is 39.2 Å². The lowest BCUT2D eigenvalue weighted by atomic mass is 10.0. The topological polar surface area (TPSA) is 49.6 Å². The first-order chi connectivity index (χ1) is 12.5. The van der Waals surface area contributed by atoms with Crippen LogP contribution in [0, 0.1) is 20.8 Å². The van der Waals surface area contributed by atoms with Gasteiger partial charge in [-0.2, -0.15) is 0 Å². The zero-order valence-corrected chi connectivity index (χ0v) is 15.5. The number of anilines is 1. The van der Waals surface area contributed by atoms with Crippen molar-refractivity contribution in [3.8, 4) is 0 Å². The quantitative estimate of drug-likeness (QED) is 0.782. The standard InChI is InChI=1S/C21H24N4O/c1-14-6-4-7-15(2)18(14)12-22-19-10-17(21(26)24-8-5-9-24)11-20-23-16(3)13-25(19)20/h4,6-7,10-11,13,22H,5,8-9,12H2,1-3H3. The molecule has 5 nitrogen and oxygen atoms in total. The molecule has 26 heavy (non-hydrogen) atoms. The van der Waals surface area contributed by atoms with Gasteiger partial charge in [0.2, 0.25) is 0 Å². The Labute approximate surface area is 153 Å². The van der Waals surface area contributed by atoms with Gasteiger partial charge in [-0.15, -0.1) is 0 Å². The number of rotatable bonds is 4. The average molecular weight is 348 g/mol. The maximum Gasteiger partial charge on any atom is 0.254 e. The lowest BCUT2D eigenvalue weighted by Gasteiger charge is -2.31. The molecule has 1 amide bonds. The molecule has 0 aliphatic carbocycles. The third-order valence-corrected chi connectivity index (χ3v) is 5.17. The summed E-state index contributed by atoms with van der Waals surface area (Å²) in [6.45, 7) is 8.65. The first kappa shape index (κ1) is 16.6. The maximum absolute atomic E-state index is 12.7. The van der Waals surface area contributed by atoms with E-state index in [0.29, 0.717) is 12.1 Å². The van der Waals surface area contributed by atoms with Crippen LogP contribution in [0.2, 0.25) is 0 Å². The lowest BCUT2D eigenvalue weighted by molar-refractivity contribution is 0.0652. The van der Waals surface area contributed by atoms with E-state index < -0.39 is 0 Å². The number of hydrogen-bond acceptors (Lipinski definition) is 3. The normalized spacial score (nSPS) is 13.7. The summed E-state index contributed by atoms with van der Waals surface area (Å²) < 4.78 is 2.02. The van der Waals surface area contributed by atoms with Crippen LogP contribution in [0.3, 0.4) is 0 Å². The number of aryl methyl sites for hydroxylation is 3. The van der Waals surface area contributed by atoms with E-state index in [2.05, 4.69) is 42.3 Å². The number of nitrogens with zero attached hydrogens (tertiary/aromatic N) is 3. The Balaban J connectivity index is 1.69. The molecule has 1 aromatic carbocycles. The Kier molecular flexibility index (Phi) is 4.15. The van der Waals surface area contributed by atoms with Crippen LogP contribution in [0.15, 0.2) is 36.5 Å². The van der Waals surface area contributed by atoms with Crippen LogP contribution in [0.25, 0.3) is 5.65 Å². The molecule has 2 aromatic heterocycles. The van der Waals surface area contributed by atoms with E-state index in [9.17, 15) is 4.79 Å². The van der Waals surface area contributed by atoms with Crippen LogP contribution in [0.5, 0.6) is 0 Å². The van der Waals surface area contributed by atoms with Crippen LogP contribution in [0.4, 0.5) is 5.82 Å². The van der Waals surface area contributed by atoms with Crippen LogP contribution >= 0.6 is 0 Å². The zero-order valence-electron chi connectivity index (χ0n) is 15.5. The largest absolute Gasteiger partial charge is 0.367 e. The summed E-state index contributed by atoms with van der Waals surface area (Å²) >= 11 is 0. The van der Waals surface area contributed by atoms with Crippen LogP contribution in [-0.4, -0.2) is 33.3 Å². The Morgan fingerprint density at radius 2 is 1.88 bits per heavy atom. The van der Waals surface area contributed by atoms with Crippen LogP contribution < -0.4 is 5.32 Å². The second-order valence-electron chi connectivity index (χ2n) is 7.11. The summed E-state index contributed by atoms with van der Waals surface area (Å²) in [6.07, 6.45) is 3.09. The summed E-state index contributed by atoms with van der Waals surface area (Å²) in [4.78, 5) is 19.1. The highest BCUT2D eigenvalue weighted by Gasteiger charge is 2.23. The molecule has 3 heterocycles. The Morgan fingerprint density at radius 1 is 1.15 bits per heavy atom. The van der Waals surface area contributed by atoms with E-state index in [-0.39, 0.29) is 5.91 Å². The van der Waals surface area contributed by atoms with Crippen molar-refractivity contribution in [1.82, 2.24) is 14.3 Å². The first-order valence-electron chi connectivity index (χ1n) is 9.11. The molecule has 1 saturated heterocycles. The smallest absolute Gasteiger partial charge is 0.254 e. The van der Waals surface area contributed by atoms with Crippen molar-refractivity contribution in [2.24, 2.45) is 0 Å².